The molecule has 4 nitrogen and oxygen atoms in total. The van der Waals surface area contributed by atoms with Gasteiger partial charge in [0.25, 0.3) is 0 Å². The summed E-state index contributed by atoms with van der Waals surface area (Å²) in [6.07, 6.45) is 11.6. The van der Waals surface area contributed by atoms with Crippen LogP contribution in [-0.2, 0) is 9.09 Å². The van der Waals surface area contributed by atoms with Crippen molar-refractivity contribution in [2.75, 3.05) is 0 Å². The van der Waals surface area contributed by atoms with E-state index >= 15 is 0 Å². The Hall–Kier alpha value is 0.590. The molecular formula is C15H32BrO4P. The third kappa shape index (κ3) is 11.8. The van der Waals surface area contributed by atoms with E-state index in [1.54, 1.807) is 0 Å². The third-order valence-corrected chi connectivity index (χ3v) is 6.04. The van der Waals surface area contributed by atoms with E-state index in [0.29, 0.717) is 6.42 Å². The highest BCUT2D eigenvalue weighted by Gasteiger charge is 2.37. The summed E-state index contributed by atoms with van der Waals surface area (Å²) in [6.45, 7) is 6.03. The van der Waals surface area contributed by atoms with Crippen molar-refractivity contribution in [3.8, 4) is 0 Å². The van der Waals surface area contributed by atoms with Gasteiger partial charge in [0.15, 0.2) is 0 Å². The van der Waals surface area contributed by atoms with Gasteiger partial charge < -0.3 is 9.79 Å². The number of hydrogen-bond donors (Lipinski definition) is 2. The van der Waals surface area contributed by atoms with Gasteiger partial charge in [0.05, 0.1) is 0 Å². The summed E-state index contributed by atoms with van der Waals surface area (Å²) in [6, 6.07) is 0. The van der Waals surface area contributed by atoms with E-state index in [9.17, 15) is 4.57 Å². The van der Waals surface area contributed by atoms with Gasteiger partial charge in [-0.15, -0.1) is 0 Å². The zero-order valence-corrected chi connectivity index (χ0v) is 16.2. The molecule has 0 amide bonds. The maximum absolute atomic E-state index is 11.1. The molecule has 0 rings (SSSR count). The third-order valence-electron chi connectivity index (χ3n) is 3.75. The van der Waals surface area contributed by atoms with Crippen molar-refractivity contribution in [2.45, 2.75) is 89.5 Å². The van der Waals surface area contributed by atoms with Crippen LogP contribution in [0.4, 0.5) is 0 Å². The zero-order valence-electron chi connectivity index (χ0n) is 13.7. The van der Waals surface area contributed by atoms with Crippen molar-refractivity contribution in [1.82, 2.24) is 0 Å². The summed E-state index contributed by atoms with van der Waals surface area (Å²) in [4.78, 5) is 18.0. The minimum Gasteiger partial charge on any atom is -0.303 e. The van der Waals surface area contributed by atoms with Crippen LogP contribution < -0.4 is 0 Å². The molecule has 0 aromatic heterocycles. The van der Waals surface area contributed by atoms with Crippen LogP contribution in [0.5, 0.6) is 0 Å². The summed E-state index contributed by atoms with van der Waals surface area (Å²) < 4.78 is 15.1. The van der Waals surface area contributed by atoms with Crippen molar-refractivity contribution in [3.63, 3.8) is 0 Å². The number of hydrogen-bond acceptors (Lipinski definition) is 2. The lowest BCUT2D eigenvalue weighted by Gasteiger charge is -2.31. The van der Waals surface area contributed by atoms with Gasteiger partial charge in [-0.05, 0) is 18.8 Å². The van der Waals surface area contributed by atoms with E-state index in [0.717, 1.165) is 12.8 Å². The Bertz CT molecular complexity index is 306. The molecule has 6 heteroatoms. The normalized spacial score (nSPS) is 15.4. The van der Waals surface area contributed by atoms with E-state index in [4.69, 9.17) is 14.3 Å². The van der Waals surface area contributed by atoms with Crippen molar-refractivity contribution in [1.29, 1.82) is 0 Å². The number of phosphoric acid groups is 1. The molecule has 1 unspecified atom stereocenters. The van der Waals surface area contributed by atoms with Crippen LogP contribution in [-0.4, -0.2) is 14.3 Å². The second-order valence-electron chi connectivity index (χ2n) is 6.10. The summed E-state index contributed by atoms with van der Waals surface area (Å²) in [7, 11) is -4.47. The molecule has 0 aliphatic carbocycles. The number of alkyl halides is 1. The minimum atomic E-state index is -4.47. The summed E-state index contributed by atoms with van der Waals surface area (Å²) in [5.41, 5.74) is 0. The van der Waals surface area contributed by atoms with Crippen LogP contribution in [0.25, 0.3) is 0 Å². The van der Waals surface area contributed by atoms with E-state index in [1.165, 1.54) is 44.9 Å². The van der Waals surface area contributed by atoms with Crippen molar-refractivity contribution >= 4 is 23.8 Å². The molecule has 0 heterocycles. The second kappa shape index (κ2) is 11.2. The number of phosphoric ester groups is 1. The molecule has 0 aromatic carbocycles. The van der Waals surface area contributed by atoms with Crippen LogP contribution >= 0.6 is 23.8 Å². The molecule has 0 aliphatic heterocycles. The molecule has 1 atom stereocenters. The molecule has 0 saturated heterocycles. The zero-order chi connectivity index (χ0) is 16.4. The van der Waals surface area contributed by atoms with Gasteiger partial charge >= 0.3 is 7.82 Å². The maximum Gasteiger partial charge on any atom is 0.470 e. The van der Waals surface area contributed by atoms with E-state index in [2.05, 4.69) is 22.9 Å². The highest BCUT2D eigenvalue weighted by Crippen LogP contribution is 2.49. The predicted octanol–water partition coefficient (Wildman–Crippen LogP) is 5.76. The predicted molar refractivity (Wildman–Crippen MR) is 91.5 cm³/mol. The van der Waals surface area contributed by atoms with Crippen molar-refractivity contribution < 1.29 is 18.9 Å². The summed E-state index contributed by atoms with van der Waals surface area (Å²) in [5, 5.41) is 0. The Morgan fingerprint density at radius 1 is 1.00 bits per heavy atom. The molecule has 2 N–H and O–H groups in total. The Kier molecular flexibility index (Phi) is 11.5. The highest BCUT2D eigenvalue weighted by atomic mass is 79.9. The lowest BCUT2D eigenvalue weighted by molar-refractivity contribution is 0.0688. The standard InChI is InChI=1S/C15H32BrO4P/c1-4-5-6-7-8-9-10-11-12-13-15(16,14(2)3)20-21(17,18)19/h14H,4-13H2,1-3H3,(H2,17,18,19). The van der Waals surface area contributed by atoms with Crippen molar-refractivity contribution in [2.24, 2.45) is 5.92 Å². The Morgan fingerprint density at radius 3 is 1.81 bits per heavy atom. The molecule has 0 aliphatic rings. The first kappa shape index (κ1) is 21.6. The lowest BCUT2D eigenvalue weighted by Crippen LogP contribution is -2.30. The Morgan fingerprint density at radius 2 is 1.43 bits per heavy atom. The quantitative estimate of drug-likeness (QED) is 0.239. The maximum atomic E-state index is 11.1. The number of halogens is 1. The first-order valence-electron chi connectivity index (χ1n) is 8.16. The molecular weight excluding hydrogens is 355 g/mol. The Labute approximate surface area is 138 Å². The lowest BCUT2D eigenvalue weighted by atomic mass is 9.99. The van der Waals surface area contributed by atoms with E-state index in [-0.39, 0.29) is 5.92 Å². The monoisotopic (exact) mass is 386 g/mol. The van der Waals surface area contributed by atoms with Crippen molar-refractivity contribution in [3.05, 3.63) is 0 Å². The summed E-state index contributed by atoms with van der Waals surface area (Å²) >= 11 is 3.38. The highest BCUT2D eigenvalue weighted by molar-refractivity contribution is 9.10. The number of rotatable bonds is 13. The number of unbranched alkanes of at least 4 members (excludes halogenated alkanes) is 8. The summed E-state index contributed by atoms with van der Waals surface area (Å²) in [5.74, 6) is -0.000770. The minimum absolute atomic E-state index is 0.000770. The molecule has 128 valence electrons. The van der Waals surface area contributed by atoms with Gasteiger partial charge in [0.1, 0.15) is 4.51 Å². The van der Waals surface area contributed by atoms with Gasteiger partial charge in [-0.2, -0.15) is 0 Å². The molecule has 0 fully saturated rings. The SMILES string of the molecule is CCCCCCCCCCCC(Br)(OP(=O)(O)O)C(C)C. The average Bonchev–Trinajstić information content (AvgIpc) is 2.34. The first-order chi connectivity index (χ1) is 9.71. The fraction of sp³-hybridized carbons (Fsp3) is 1.00. The second-order valence-corrected chi connectivity index (χ2v) is 8.61. The molecule has 0 saturated carbocycles. The fourth-order valence-corrected chi connectivity index (χ4v) is 3.86. The Balaban J connectivity index is 3.83. The van der Waals surface area contributed by atoms with Gasteiger partial charge in [-0.1, -0.05) is 88.1 Å². The average molecular weight is 387 g/mol. The molecule has 0 radical (unpaired) electrons. The van der Waals surface area contributed by atoms with Gasteiger partial charge in [0.2, 0.25) is 0 Å². The van der Waals surface area contributed by atoms with E-state index in [1.807, 2.05) is 13.8 Å². The largest absolute Gasteiger partial charge is 0.470 e. The fourth-order valence-electron chi connectivity index (χ4n) is 2.31. The first-order valence-corrected chi connectivity index (χ1v) is 10.5. The molecule has 0 bridgehead atoms. The molecule has 21 heavy (non-hydrogen) atoms. The van der Waals surface area contributed by atoms with Crippen LogP contribution in [0.15, 0.2) is 0 Å². The van der Waals surface area contributed by atoms with Crippen LogP contribution in [0.3, 0.4) is 0 Å². The molecule has 0 aromatic rings. The van der Waals surface area contributed by atoms with Crippen LogP contribution in [0.1, 0.15) is 85.0 Å². The van der Waals surface area contributed by atoms with E-state index < -0.39 is 12.3 Å². The molecule has 0 spiro atoms. The van der Waals surface area contributed by atoms with Crippen LogP contribution in [0, 0.1) is 5.92 Å². The van der Waals surface area contributed by atoms with Gasteiger partial charge in [-0.25, -0.2) is 4.57 Å². The van der Waals surface area contributed by atoms with Crippen LogP contribution in [0.2, 0.25) is 0 Å². The van der Waals surface area contributed by atoms with Gasteiger partial charge in [0, 0.05) is 0 Å². The smallest absolute Gasteiger partial charge is 0.303 e. The topological polar surface area (TPSA) is 66.8 Å². The van der Waals surface area contributed by atoms with Gasteiger partial charge in [-0.3, -0.25) is 4.52 Å².